The van der Waals surface area contributed by atoms with Crippen LogP contribution in [0.25, 0.3) is 0 Å². The summed E-state index contributed by atoms with van der Waals surface area (Å²) < 4.78 is 28.7. The lowest BCUT2D eigenvalue weighted by molar-refractivity contribution is 0.600. The van der Waals surface area contributed by atoms with Crippen LogP contribution in [0.3, 0.4) is 0 Å². The Kier molecular flexibility index (Phi) is 4.10. The SMILES string of the molecule is CNC(C)c1ccccc1NS(=O)(=O)c1cnn(C)c1. The molecule has 0 bridgehead atoms. The molecule has 1 unspecified atom stereocenters. The van der Waals surface area contributed by atoms with Crippen molar-refractivity contribution in [2.24, 2.45) is 7.05 Å². The van der Waals surface area contributed by atoms with E-state index in [4.69, 9.17) is 0 Å². The van der Waals surface area contributed by atoms with Gasteiger partial charge in [0.05, 0.1) is 11.9 Å². The summed E-state index contributed by atoms with van der Waals surface area (Å²) in [5, 5.41) is 6.98. The third kappa shape index (κ3) is 3.00. The molecule has 7 heteroatoms. The van der Waals surface area contributed by atoms with Gasteiger partial charge in [0.1, 0.15) is 4.90 Å². The molecule has 2 rings (SSSR count). The Bertz CT molecular complexity index is 694. The van der Waals surface area contributed by atoms with E-state index >= 15 is 0 Å². The summed E-state index contributed by atoms with van der Waals surface area (Å²) in [5.74, 6) is 0. The van der Waals surface area contributed by atoms with Crippen molar-refractivity contribution in [3.8, 4) is 0 Å². The van der Waals surface area contributed by atoms with Crippen molar-refractivity contribution in [1.29, 1.82) is 0 Å². The molecule has 6 nitrogen and oxygen atoms in total. The van der Waals surface area contributed by atoms with Crippen LogP contribution in [0.4, 0.5) is 5.69 Å². The van der Waals surface area contributed by atoms with Crippen LogP contribution in [-0.2, 0) is 17.1 Å². The first-order valence-electron chi connectivity index (χ1n) is 6.21. The van der Waals surface area contributed by atoms with Crippen LogP contribution in [0.1, 0.15) is 18.5 Å². The number of para-hydroxylation sites is 1. The summed E-state index contributed by atoms with van der Waals surface area (Å²) in [6, 6.07) is 7.36. The number of hydrogen-bond acceptors (Lipinski definition) is 4. The average molecular weight is 294 g/mol. The zero-order valence-corrected chi connectivity index (χ0v) is 12.5. The number of aromatic nitrogens is 2. The van der Waals surface area contributed by atoms with E-state index < -0.39 is 10.0 Å². The topological polar surface area (TPSA) is 76.0 Å². The summed E-state index contributed by atoms with van der Waals surface area (Å²) in [5.41, 5.74) is 1.46. The minimum Gasteiger partial charge on any atom is -0.313 e. The van der Waals surface area contributed by atoms with Crippen LogP contribution in [0, 0.1) is 0 Å². The van der Waals surface area contributed by atoms with Crippen molar-refractivity contribution in [2.45, 2.75) is 17.9 Å². The van der Waals surface area contributed by atoms with Crippen LogP contribution in [0.2, 0.25) is 0 Å². The lowest BCUT2D eigenvalue weighted by Gasteiger charge is -2.16. The predicted octanol–water partition coefficient (Wildman–Crippen LogP) is 1.50. The number of sulfonamides is 1. The van der Waals surface area contributed by atoms with Crippen LogP contribution < -0.4 is 10.0 Å². The largest absolute Gasteiger partial charge is 0.313 e. The average Bonchev–Trinajstić information content (AvgIpc) is 2.86. The number of hydrogen-bond donors (Lipinski definition) is 2. The first kappa shape index (κ1) is 14.5. The minimum atomic E-state index is -3.62. The second-order valence-corrected chi connectivity index (χ2v) is 6.24. The Hall–Kier alpha value is -1.86. The molecule has 0 fully saturated rings. The monoisotopic (exact) mass is 294 g/mol. The molecule has 108 valence electrons. The third-order valence-electron chi connectivity index (χ3n) is 3.10. The molecule has 0 radical (unpaired) electrons. The quantitative estimate of drug-likeness (QED) is 0.876. The number of nitrogens with one attached hydrogen (secondary N) is 2. The Morgan fingerprint density at radius 2 is 2.00 bits per heavy atom. The molecule has 0 aliphatic heterocycles. The first-order chi connectivity index (χ1) is 9.44. The fourth-order valence-electron chi connectivity index (χ4n) is 1.86. The lowest BCUT2D eigenvalue weighted by Crippen LogP contribution is -2.18. The second kappa shape index (κ2) is 5.64. The van der Waals surface area contributed by atoms with Crippen molar-refractivity contribution >= 4 is 15.7 Å². The normalized spacial score (nSPS) is 13.2. The molecule has 0 spiro atoms. The third-order valence-corrected chi connectivity index (χ3v) is 4.42. The minimum absolute atomic E-state index is 0.0443. The van der Waals surface area contributed by atoms with Gasteiger partial charge in [0, 0.05) is 19.3 Å². The highest BCUT2D eigenvalue weighted by molar-refractivity contribution is 7.92. The standard InChI is InChI=1S/C13H18N4O2S/c1-10(14-2)12-6-4-5-7-13(12)16-20(18,19)11-8-15-17(3)9-11/h4-10,14,16H,1-3H3. The highest BCUT2D eigenvalue weighted by atomic mass is 32.2. The van der Waals surface area contributed by atoms with E-state index in [0.717, 1.165) is 5.56 Å². The van der Waals surface area contributed by atoms with E-state index in [-0.39, 0.29) is 10.9 Å². The number of aryl methyl sites for hydroxylation is 1. The van der Waals surface area contributed by atoms with Gasteiger partial charge in [-0.25, -0.2) is 8.42 Å². The highest BCUT2D eigenvalue weighted by Crippen LogP contribution is 2.24. The molecule has 1 heterocycles. The van der Waals surface area contributed by atoms with Crippen LogP contribution in [0.15, 0.2) is 41.6 Å². The number of nitrogens with zero attached hydrogens (tertiary/aromatic N) is 2. The van der Waals surface area contributed by atoms with Crippen LogP contribution >= 0.6 is 0 Å². The van der Waals surface area contributed by atoms with Crippen molar-refractivity contribution in [3.05, 3.63) is 42.2 Å². The van der Waals surface area contributed by atoms with Gasteiger partial charge in [-0.3, -0.25) is 9.40 Å². The Morgan fingerprint density at radius 1 is 1.30 bits per heavy atom. The molecule has 2 aromatic rings. The van der Waals surface area contributed by atoms with Gasteiger partial charge >= 0.3 is 0 Å². The van der Waals surface area contributed by atoms with Gasteiger partial charge in [0.15, 0.2) is 0 Å². The van der Waals surface area contributed by atoms with E-state index in [2.05, 4.69) is 15.1 Å². The van der Waals surface area contributed by atoms with Crippen LogP contribution in [-0.4, -0.2) is 25.2 Å². The fourth-order valence-corrected chi connectivity index (χ4v) is 2.93. The molecule has 1 atom stereocenters. The van der Waals surface area contributed by atoms with Gasteiger partial charge in [0.25, 0.3) is 10.0 Å². The van der Waals surface area contributed by atoms with Gasteiger partial charge in [-0.05, 0) is 25.6 Å². The van der Waals surface area contributed by atoms with Gasteiger partial charge in [-0.15, -0.1) is 0 Å². The molecule has 1 aromatic carbocycles. The molecule has 0 aliphatic carbocycles. The highest BCUT2D eigenvalue weighted by Gasteiger charge is 2.18. The maximum absolute atomic E-state index is 12.3. The molecule has 0 saturated carbocycles. The van der Waals surface area contributed by atoms with Crippen molar-refractivity contribution < 1.29 is 8.42 Å². The number of benzene rings is 1. The molecule has 0 saturated heterocycles. The Labute approximate surface area is 118 Å². The van der Waals surface area contributed by atoms with Gasteiger partial charge in [0.2, 0.25) is 0 Å². The van der Waals surface area contributed by atoms with Crippen molar-refractivity contribution in [1.82, 2.24) is 15.1 Å². The Morgan fingerprint density at radius 3 is 2.60 bits per heavy atom. The van der Waals surface area contributed by atoms with Crippen LogP contribution in [0.5, 0.6) is 0 Å². The lowest BCUT2D eigenvalue weighted by atomic mass is 10.1. The van der Waals surface area contributed by atoms with Gasteiger partial charge < -0.3 is 5.32 Å². The zero-order chi connectivity index (χ0) is 14.8. The number of rotatable bonds is 5. The van der Waals surface area contributed by atoms with Crippen molar-refractivity contribution in [3.63, 3.8) is 0 Å². The predicted molar refractivity (Wildman–Crippen MR) is 77.9 cm³/mol. The van der Waals surface area contributed by atoms with E-state index in [0.29, 0.717) is 5.69 Å². The van der Waals surface area contributed by atoms with Gasteiger partial charge in [-0.1, -0.05) is 18.2 Å². The van der Waals surface area contributed by atoms with E-state index in [1.165, 1.54) is 17.1 Å². The molecule has 2 N–H and O–H groups in total. The summed E-state index contributed by atoms with van der Waals surface area (Å²) in [7, 11) is -0.111. The van der Waals surface area contributed by atoms with Crippen molar-refractivity contribution in [2.75, 3.05) is 11.8 Å². The molecular formula is C13H18N4O2S. The number of anilines is 1. The molecule has 20 heavy (non-hydrogen) atoms. The maximum atomic E-state index is 12.3. The maximum Gasteiger partial charge on any atom is 0.265 e. The van der Waals surface area contributed by atoms with Gasteiger partial charge in [-0.2, -0.15) is 5.10 Å². The smallest absolute Gasteiger partial charge is 0.265 e. The van der Waals surface area contributed by atoms with E-state index in [9.17, 15) is 8.42 Å². The summed E-state index contributed by atoms with van der Waals surface area (Å²) in [4.78, 5) is 0.145. The summed E-state index contributed by atoms with van der Waals surface area (Å²) >= 11 is 0. The molecule has 0 aliphatic rings. The van der Waals surface area contributed by atoms with E-state index in [1.54, 1.807) is 19.2 Å². The molecular weight excluding hydrogens is 276 g/mol. The first-order valence-corrected chi connectivity index (χ1v) is 7.70. The zero-order valence-electron chi connectivity index (χ0n) is 11.7. The second-order valence-electron chi connectivity index (χ2n) is 4.55. The fraction of sp³-hybridized carbons (Fsp3) is 0.308. The summed E-state index contributed by atoms with van der Waals surface area (Å²) in [6.07, 6.45) is 2.79. The molecule has 1 aromatic heterocycles. The molecule has 0 amide bonds. The Balaban J connectivity index is 2.35. The van der Waals surface area contributed by atoms with E-state index in [1.807, 2.05) is 26.1 Å². The summed E-state index contributed by atoms with van der Waals surface area (Å²) in [6.45, 7) is 1.97.